The molecule has 0 bridgehead atoms. The summed E-state index contributed by atoms with van der Waals surface area (Å²) in [6, 6.07) is 11.3. The van der Waals surface area contributed by atoms with E-state index < -0.39 is 10.0 Å². The molecule has 160 valence electrons. The van der Waals surface area contributed by atoms with Gasteiger partial charge in [0.25, 0.3) is 0 Å². The fourth-order valence-corrected chi connectivity index (χ4v) is 6.38. The van der Waals surface area contributed by atoms with E-state index in [1.165, 1.54) is 21.9 Å². The molecule has 0 atom stereocenters. The number of amides is 1. The summed E-state index contributed by atoms with van der Waals surface area (Å²) in [4.78, 5) is 13.1. The summed E-state index contributed by atoms with van der Waals surface area (Å²) in [5.74, 6) is -0.214. The molecule has 2 aromatic carbocycles. The molecule has 1 amide bonds. The Morgan fingerprint density at radius 2 is 1.73 bits per heavy atom. The topological polar surface area (TPSA) is 66.5 Å². The highest BCUT2D eigenvalue weighted by Crippen LogP contribution is 2.29. The smallest absolute Gasteiger partial charge is 0.243 e. The van der Waals surface area contributed by atoms with Crippen LogP contribution in [-0.4, -0.2) is 31.7 Å². The van der Waals surface area contributed by atoms with Crippen molar-refractivity contribution in [2.24, 2.45) is 5.92 Å². The van der Waals surface area contributed by atoms with E-state index in [4.69, 9.17) is 0 Å². The second-order valence-electron chi connectivity index (χ2n) is 8.26. The minimum absolute atomic E-state index is 0.0359. The number of aryl methyl sites for hydroxylation is 3. The molecule has 5 nitrogen and oxygen atoms in total. The maximum atomic E-state index is 13.1. The predicted octanol–water partition coefficient (Wildman–Crippen LogP) is 4.68. The quantitative estimate of drug-likeness (QED) is 0.676. The molecule has 1 aliphatic carbocycles. The highest BCUT2D eigenvalue weighted by molar-refractivity contribution is 9.10. The summed E-state index contributed by atoms with van der Waals surface area (Å²) in [6.45, 7) is 2.70. The fraction of sp³-hybridized carbons (Fsp3) is 0.435. The van der Waals surface area contributed by atoms with E-state index in [-0.39, 0.29) is 11.8 Å². The molecule has 0 saturated carbocycles. The molecule has 1 saturated heterocycles. The van der Waals surface area contributed by atoms with Gasteiger partial charge in [0.2, 0.25) is 15.9 Å². The average molecular weight is 491 g/mol. The lowest BCUT2D eigenvalue weighted by atomic mass is 9.92. The number of anilines is 1. The van der Waals surface area contributed by atoms with Crippen molar-refractivity contribution in [2.45, 2.75) is 50.3 Å². The van der Waals surface area contributed by atoms with Crippen LogP contribution in [0, 0.1) is 12.8 Å². The highest BCUT2D eigenvalue weighted by Gasteiger charge is 2.32. The Kier molecular flexibility index (Phi) is 6.32. The fourth-order valence-electron chi connectivity index (χ4n) is 4.38. The van der Waals surface area contributed by atoms with Crippen molar-refractivity contribution in [3.05, 3.63) is 57.6 Å². The normalized spacial score (nSPS) is 18.1. The van der Waals surface area contributed by atoms with E-state index in [2.05, 4.69) is 21.2 Å². The maximum absolute atomic E-state index is 13.1. The first-order valence-corrected chi connectivity index (χ1v) is 12.8. The monoisotopic (exact) mass is 490 g/mol. The zero-order valence-corrected chi connectivity index (χ0v) is 19.6. The lowest BCUT2D eigenvalue weighted by Crippen LogP contribution is -2.41. The number of carbonyl (C=O) groups excluding carboxylic acids is 1. The third kappa shape index (κ3) is 4.48. The number of benzene rings is 2. The van der Waals surface area contributed by atoms with Crippen molar-refractivity contribution in [1.82, 2.24) is 4.31 Å². The Morgan fingerprint density at radius 3 is 2.43 bits per heavy atom. The minimum Gasteiger partial charge on any atom is -0.326 e. The number of piperidine rings is 1. The molecule has 2 aromatic rings. The first-order chi connectivity index (χ1) is 14.3. The molecule has 30 heavy (non-hydrogen) atoms. The Labute approximate surface area is 187 Å². The minimum atomic E-state index is -3.52. The van der Waals surface area contributed by atoms with E-state index in [1.54, 1.807) is 6.07 Å². The average Bonchev–Trinajstić information content (AvgIpc) is 2.75. The molecule has 7 heteroatoms. The van der Waals surface area contributed by atoms with Crippen molar-refractivity contribution < 1.29 is 13.2 Å². The summed E-state index contributed by atoms with van der Waals surface area (Å²) in [6.07, 6.45) is 5.35. The summed E-state index contributed by atoms with van der Waals surface area (Å²) in [7, 11) is -3.52. The van der Waals surface area contributed by atoms with Gasteiger partial charge < -0.3 is 5.32 Å². The number of hydrogen-bond donors (Lipinski definition) is 1. The van der Waals surface area contributed by atoms with Crippen LogP contribution in [0.15, 0.2) is 45.8 Å². The number of nitrogens with zero attached hydrogens (tertiary/aromatic N) is 1. The van der Waals surface area contributed by atoms with Gasteiger partial charge in [0.15, 0.2) is 0 Å². The molecular weight excluding hydrogens is 464 g/mol. The van der Waals surface area contributed by atoms with Gasteiger partial charge in [-0.3, -0.25) is 4.79 Å². The molecule has 4 rings (SSSR count). The van der Waals surface area contributed by atoms with E-state index in [0.29, 0.717) is 30.8 Å². The van der Waals surface area contributed by atoms with Crippen molar-refractivity contribution >= 4 is 37.5 Å². The van der Waals surface area contributed by atoms with Gasteiger partial charge in [-0.25, -0.2) is 8.42 Å². The number of rotatable bonds is 4. The number of sulfonamides is 1. The largest absolute Gasteiger partial charge is 0.326 e. The second kappa shape index (κ2) is 8.81. The third-order valence-electron chi connectivity index (χ3n) is 6.23. The van der Waals surface area contributed by atoms with Gasteiger partial charge in [-0.1, -0.05) is 22.0 Å². The molecule has 0 aromatic heterocycles. The predicted molar refractivity (Wildman–Crippen MR) is 122 cm³/mol. The van der Waals surface area contributed by atoms with Crippen LogP contribution in [-0.2, 0) is 27.7 Å². The van der Waals surface area contributed by atoms with Crippen LogP contribution < -0.4 is 5.32 Å². The maximum Gasteiger partial charge on any atom is 0.243 e. The van der Waals surface area contributed by atoms with Crippen molar-refractivity contribution in [3.8, 4) is 0 Å². The van der Waals surface area contributed by atoms with Crippen LogP contribution in [0.5, 0.6) is 0 Å². The van der Waals surface area contributed by atoms with Gasteiger partial charge in [-0.2, -0.15) is 4.31 Å². The number of nitrogens with one attached hydrogen (secondary N) is 1. The molecule has 0 radical (unpaired) electrons. The van der Waals surface area contributed by atoms with Gasteiger partial charge in [0.05, 0.1) is 4.90 Å². The highest BCUT2D eigenvalue weighted by atomic mass is 79.9. The molecule has 1 N–H and O–H groups in total. The zero-order valence-electron chi connectivity index (χ0n) is 17.2. The molecule has 1 aliphatic heterocycles. The van der Waals surface area contributed by atoms with Gasteiger partial charge in [-0.05, 0) is 92.5 Å². The summed E-state index contributed by atoms with van der Waals surface area (Å²) < 4.78 is 28.8. The van der Waals surface area contributed by atoms with Crippen molar-refractivity contribution in [1.29, 1.82) is 0 Å². The van der Waals surface area contributed by atoms with E-state index in [0.717, 1.165) is 35.0 Å². The first-order valence-electron chi connectivity index (χ1n) is 10.5. The molecule has 2 aliphatic rings. The number of hydrogen-bond acceptors (Lipinski definition) is 3. The molecule has 0 spiro atoms. The summed E-state index contributed by atoms with van der Waals surface area (Å²) >= 11 is 3.43. The standard InChI is InChI=1S/C23H27BrN2O3S/c1-16-14-20(24)7-9-22(16)25-23(27)18-10-12-26(13-11-18)30(28,29)21-8-6-17-4-2-3-5-19(17)15-21/h6-9,14-15,18H,2-5,10-13H2,1H3,(H,25,27). The van der Waals surface area contributed by atoms with E-state index >= 15 is 0 Å². The Bertz CT molecular complexity index is 1060. The van der Waals surface area contributed by atoms with E-state index in [9.17, 15) is 13.2 Å². The summed E-state index contributed by atoms with van der Waals surface area (Å²) in [5, 5.41) is 3.00. The molecular formula is C23H27BrN2O3S. The Morgan fingerprint density at radius 1 is 1.03 bits per heavy atom. The van der Waals surface area contributed by atoms with Gasteiger partial charge in [0, 0.05) is 29.2 Å². The Balaban J connectivity index is 1.40. The molecule has 1 fully saturated rings. The van der Waals surface area contributed by atoms with Gasteiger partial charge >= 0.3 is 0 Å². The third-order valence-corrected chi connectivity index (χ3v) is 8.62. The first kappa shape index (κ1) is 21.5. The van der Waals surface area contributed by atoms with Crippen LogP contribution in [0.3, 0.4) is 0 Å². The number of halogens is 1. The van der Waals surface area contributed by atoms with Gasteiger partial charge in [-0.15, -0.1) is 0 Å². The number of fused-ring (bicyclic) bond motifs is 1. The van der Waals surface area contributed by atoms with Crippen LogP contribution in [0.1, 0.15) is 42.4 Å². The van der Waals surface area contributed by atoms with Crippen molar-refractivity contribution in [3.63, 3.8) is 0 Å². The van der Waals surface area contributed by atoms with Crippen LogP contribution in [0.25, 0.3) is 0 Å². The van der Waals surface area contributed by atoms with Crippen molar-refractivity contribution in [2.75, 3.05) is 18.4 Å². The SMILES string of the molecule is Cc1cc(Br)ccc1NC(=O)C1CCN(S(=O)(=O)c2ccc3c(c2)CCCC3)CC1. The molecule has 1 heterocycles. The van der Waals surface area contributed by atoms with Crippen LogP contribution in [0.2, 0.25) is 0 Å². The van der Waals surface area contributed by atoms with E-state index in [1.807, 2.05) is 37.3 Å². The van der Waals surface area contributed by atoms with Crippen LogP contribution >= 0.6 is 15.9 Å². The summed E-state index contributed by atoms with van der Waals surface area (Å²) in [5.41, 5.74) is 4.23. The van der Waals surface area contributed by atoms with Gasteiger partial charge in [0.1, 0.15) is 0 Å². The van der Waals surface area contributed by atoms with Crippen LogP contribution in [0.4, 0.5) is 5.69 Å². The number of carbonyl (C=O) groups is 1. The Hall–Kier alpha value is -1.70. The zero-order chi connectivity index (χ0) is 21.3. The lowest BCUT2D eigenvalue weighted by Gasteiger charge is -2.31. The lowest BCUT2D eigenvalue weighted by molar-refractivity contribution is -0.120. The molecule has 0 unspecified atom stereocenters. The second-order valence-corrected chi connectivity index (χ2v) is 11.1.